The van der Waals surface area contributed by atoms with E-state index in [0.717, 1.165) is 56.2 Å². The number of phenols is 1. The number of nitrogens with one attached hydrogen (secondary N) is 6. The molecule has 2 aliphatic carbocycles. The van der Waals surface area contributed by atoms with Crippen LogP contribution in [-0.4, -0.2) is 216 Å². The average molecular weight is 2320 g/mol. The van der Waals surface area contributed by atoms with Gasteiger partial charge in [-0.25, -0.2) is 101 Å². The van der Waals surface area contributed by atoms with E-state index in [4.69, 9.17) is 99.8 Å². The topological polar surface area (TPSA) is 512 Å². The molecule has 0 radical (unpaired) electrons. The van der Waals surface area contributed by atoms with Gasteiger partial charge in [-0.05, 0) is 218 Å². The molecular formula is C99H116Cl6F5N9O24S6. The lowest BCUT2D eigenvalue weighted by atomic mass is 9.84. The molecule has 8 aromatic carbocycles. The van der Waals surface area contributed by atoms with Crippen LogP contribution in [0.25, 0.3) is 11.1 Å². The Labute approximate surface area is 893 Å². The number of aliphatic hydroxyl groups is 2. The second-order valence-corrected chi connectivity index (χ2v) is 50.6. The number of sulfonamides is 6. The fourth-order valence-electron chi connectivity index (χ4n) is 16.0. The molecule has 11 N–H and O–H groups in total. The van der Waals surface area contributed by atoms with Crippen LogP contribution in [0.5, 0.6) is 5.75 Å². The van der Waals surface area contributed by atoms with Crippen LogP contribution in [0.4, 0.5) is 27.6 Å². The Morgan fingerprint density at radius 3 is 1.21 bits per heavy atom. The molecule has 0 unspecified atom stereocenters. The van der Waals surface area contributed by atoms with Crippen LogP contribution in [0, 0.1) is 41.9 Å². The van der Waals surface area contributed by atoms with E-state index in [2.05, 4.69) is 33.4 Å². The van der Waals surface area contributed by atoms with E-state index in [1.54, 1.807) is 78.6 Å². The Bertz CT molecular complexity index is 6950. The van der Waals surface area contributed by atoms with Crippen LogP contribution < -0.4 is 34.1 Å². The first-order chi connectivity index (χ1) is 70.2. The molecule has 0 amide bonds. The fourth-order valence-corrected chi connectivity index (χ4v) is 25.6. The lowest BCUT2D eigenvalue weighted by molar-refractivity contribution is 0.0722. The number of aryl methyl sites for hydroxylation is 1. The monoisotopic (exact) mass is 2310 g/mol. The highest BCUT2D eigenvalue weighted by Gasteiger charge is 2.36. The average Bonchev–Trinajstić information content (AvgIpc) is 1.49. The van der Waals surface area contributed by atoms with Crippen molar-refractivity contribution in [1.29, 1.82) is 0 Å². The summed E-state index contributed by atoms with van der Waals surface area (Å²) in [6.07, 6.45) is 13.8. The third-order valence-corrected chi connectivity index (χ3v) is 36.7. The first-order valence-electron chi connectivity index (χ1n) is 47.0. The van der Waals surface area contributed by atoms with Crippen LogP contribution >= 0.6 is 69.6 Å². The van der Waals surface area contributed by atoms with Gasteiger partial charge in [0.25, 0.3) is 0 Å². The summed E-state index contributed by atoms with van der Waals surface area (Å²) in [7, 11) is -22.0. The van der Waals surface area contributed by atoms with E-state index < -0.39 is 197 Å². The van der Waals surface area contributed by atoms with Gasteiger partial charge in [0.2, 0.25) is 60.1 Å². The summed E-state index contributed by atoms with van der Waals surface area (Å²) in [5.41, 5.74) is 8.47. The summed E-state index contributed by atoms with van der Waals surface area (Å²) in [4.78, 5) is 73.8. The molecule has 14 rings (SSSR count). The van der Waals surface area contributed by atoms with Crippen LogP contribution in [-0.2, 0) is 99.5 Å². The number of phenolic OH excluding ortho intramolecular Hbond substituents is 1. The number of ketones is 6. The Morgan fingerprint density at radius 1 is 0.409 bits per heavy atom. The van der Waals surface area contributed by atoms with E-state index in [1.165, 1.54) is 60.7 Å². The number of nitrogens with zero attached hydrogens (tertiary/aromatic N) is 2. The normalized spacial score (nSPS) is 15.4. The summed E-state index contributed by atoms with van der Waals surface area (Å²) in [6.45, 7) is 6.58. The summed E-state index contributed by atoms with van der Waals surface area (Å²) >= 11 is 34.6. The number of rotatable bonds is 36. The van der Waals surface area contributed by atoms with Gasteiger partial charge < -0.3 is 35.3 Å². The first kappa shape index (κ1) is 124. The molecule has 149 heavy (non-hydrogen) atoms. The number of hydrogen-bond donors (Lipinski definition) is 10. The van der Waals surface area contributed by atoms with E-state index >= 15 is 0 Å². The number of benzene rings is 8. The van der Waals surface area contributed by atoms with Crippen molar-refractivity contribution in [2.45, 2.75) is 181 Å². The fraction of sp³-hybridized carbons (Fsp3) is 0.424. The molecule has 0 bridgehead atoms. The summed E-state index contributed by atoms with van der Waals surface area (Å²) in [5, 5.41) is 28.9. The third-order valence-electron chi connectivity index (χ3n) is 24.5. The van der Waals surface area contributed by atoms with Crippen molar-refractivity contribution in [2.75, 3.05) is 90.4 Å². The molecule has 4 heterocycles. The Morgan fingerprint density at radius 2 is 0.785 bits per heavy atom. The molecule has 9 aromatic rings. The smallest absolute Gasteiger partial charge is 0.240 e. The number of aromatic hydroxyl groups is 1. The van der Waals surface area contributed by atoms with Crippen molar-refractivity contribution in [3.63, 3.8) is 0 Å². The molecule has 2 saturated carbocycles. The maximum Gasteiger partial charge on any atom is 0.240 e. The van der Waals surface area contributed by atoms with Crippen molar-refractivity contribution in [2.24, 2.45) is 5.92 Å². The highest BCUT2D eigenvalue weighted by Crippen LogP contribution is 2.36. The number of carbonyl (C=O) groups is 6. The minimum atomic E-state index is -3.78. The van der Waals surface area contributed by atoms with Crippen molar-refractivity contribution in [1.82, 2.24) is 38.1 Å². The van der Waals surface area contributed by atoms with Gasteiger partial charge in [0, 0.05) is 57.7 Å². The van der Waals surface area contributed by atoms with Gasteiger partial charge in [0.1, 0.15) is 5.75 Å². The predicted molar refractivity (Wildman–Crippen MR) is 559 cm³/mol. The summed E-state index contributed by atoms with van der Waals surface area (Å²) in [5.74, 6) is -8.83. The van der Waals surface area contributed by atoms with Gasteiger partial charge in [0.15, 0.2) is 63.8 Å². The Kier molecular flexibility index (Phi) is 47.3. The SMILES string of the molecule is Cc1cc(C(C)(C)C)cc(C(=O)CNS(=O)(=O)c2ccccc2)c1O.Nc1ccc(-c2cc(Cl)c(F)c(C(=O)CNS(=O)(=O)C3CCCCC3)c2)cc1.O=C(CNS(=O)(=O)C1CCCCC1)c1c(Cl)ccc(Cl)c1F.O=C(CNS(=O)(=O)C1CCOCC1)c1cc(CO)cc(Cl)c1F.O=C(CNS(=O)(=O)C1CCOCC1)c1cc(Cn2cccn2)cc(Cl)c1F.O=C(CNS(=O)(=O)CC1CCOCC1)c1cc(CO)cc(Cl)c1F. The highest BCUT2D eigenvalue weighted by molar-refractivity contribution is 7.91. The van der Waals surface area contributed by atoms with E-state index in [0.29, 0.717) is 138 Å². The molecule has 33 nitrogen and oxygen atoms in total. The number of nitrogen functional groups attached to an aromatic ring is 1. The van der Waals surface area contributed by atoms with Gasteiger partial charge >= 0.3 is 0 Å². The van der Waals surface area contributed by atoms with Crippen LogP contribution in [0.2, 0.25) is 30.1 Å². The standard InChI is InChI=1S/C20H22ClFN2O3S.C19H23NO4S.C17H19ClFN3O4S.C15H19ClFNO5S.C14H16Cl2FNO3S.C14H17ClFNO5S/c21-18-11-14(13-6-8-15(23)9-7-13)10-17(20(18)22)19(25)12-24-28(26,27)16-4-2-1-3-5-16;1-13-10-14(19(2,3)4)11-16(18(13)22)17(21)12-20-25(23,24)15-8-6-5-7-9-15;18-15-9-12(11-22-5-1-4-20-22)8-14(17(15)19)16(23)10-21-27(24,25)13-2-6-26-7-3-13;16-13-6-11(8-19)5-12(15(13)17)14(20)7-18-24(21,22)9-10-1-3-23-4-2-10;15-10-6-7-11(16)14(17)13(10)12(19)8-18-22(20,21)9-4-2-1-3-5-9;15-12-6-9(8-18)5-11(14(12)16)13(19)7-17-23(20,21)10-1-3-22-4-2-10/h6-11,16,24H,1-5,12,23H2;5-11,20,22H,12H2,1-4H3;1,4-5,8-9,13,21H,2-3,6-7,10-11H2;5-6,10,18-19H,1-4,7-9H2;6-7,9,18H,1-5,8H2;5-6,10,17-18H,1-4,7-8H2. The molecule has 5 aliphatic rings. The lowest BCUT2D eigenvalue weighted by Crippen LogP contribution is -2.40. The summed E-state index contributed by atoms with van der Waals surface area (Å²) < 4.78 is 248. The van der Waals surface area contributed by atoms with Gasteiger partial charge in [-0.3, -0.25) is 33.4 Å². The van der Waals surface area contributed by atoms with Crippen LogP contribution in [0.1, 0.15) is 213 Å². The van der Waals surface area contributed by atoms with Crippen molar-refractivity contribution >= 4 is 170 Å². The molecule has 0 atom stereocenters. The minimum Gasteiger partial charge on any atom is -0.507 e. The van der Waals surface area contributed by atoms with Crippen molar-refractivity contribution < 1.29 is 131 Å². The number of Topliss-reactive ketones (excluding diaryl/α,β-unsaturated/α-hetero) is 6. The van der Waals surface area contributed by atoms with Gasteiger partial charge in [-0.2, -0.15) is 5.10 Å². The number of aliphatic hydroxyl groups excluding tert-OH is 2. The van der Waals surface area contributed by atoms with Gasteiger partial charge in [0.05, 0.1) is 154 Å². The zero-order chi connectivity index (χ0) is 110. The lowest BCUT2D eigenvalue weighted by Gasteiger charge is -2.22. The number of halogens is 11. The molecule has 1 aromatic heterocycles. The maximum absolute atomic E-state index is 14.4. The Hall–Kier alpha value is -8.76. The summed E-state index contributed by atoms with van der Waals surface area (Å²) in [6, 6.07) is 32.7. The van der Waals surface area contributed by atoms with E-state index in [1.807, 2.05) is 26.8 Å². The van der Waals surface area contributed by atoms with E-state index in [9.17, 15) is 106 Å². The maximum atomic E-state index is 14.4. The number of ether oxygens (including phenoxy) is 3. The van der Waals surface area contributed by atoms with Gasteiger partial charge in [-0.15, -0.1) is 0 Å². The van der Waals surface area contributed by atoms with Crippen LogP contribution in [0.3, 0.4) is 0 Å². The molecule has 814 valence electrons. The van der Waals surface area contributed by atoms with E-state index in [-0.39, 0.29) is 102 Å². The molecule has 0 spiro atoms. The molecule has 5 fully saturated rings. The van der Waals surface area contributed by atoms with Crippen molar-refractivity contribution in [3.05, 3.63) is 266 Å². The zero-order valence-electron chi connectivity index (χ0n) is 81.4. The van der Waals surface area contributed by atoms with Crippen LogP contribution in [0.15, 0.2) is 151 Å². The quantitative estimate of drug-likeness (QED) is 0.00754. The molecule has 50 heteroatoms. The first-order valence-corrected chi connectivity index (χ1v) is 58.6. The number of carbonyl (C=O) groups excluding carboxylic acids is 6. The number of nitrogens with two attached hydrogens (primary N) is 1. The predicted octanol–water partition coefficient (Wildman–Crippen LogP) is 15.6. The zero-order valence-corrected chi connectivity index (χ0v) is 90.8. The number of hydrogen-bond acceptors (Lipinski definition) is 26. The third kappa shape index (κ3) is 37.0. The number of aromatic nitrogens is 2. The highest BCUT2D eigenvalue weighted by atomic mass is 35.5. The second-order valence-electron chi connectivity index (χ2n) is 36.4. The molecule has 3 aliphatic heterocycles. The minimum absolute atomic E-state index is 0.0183. The molecular weight excluding hydrogens is 2200 g/mol. The Balaban J connectivity index is 0.000000199. The van der Waals surface area contributed by atoms with Gasteiger partial charge in [-0.1, -0.05) is 165 Å². The molecule has 3 saturated heterocycles. The van der Waals surface area contributed by atoms with Crippen molar-refractivity contribution in [3.8, 4) is 16.9 Å². The number of anilines is 1. The largest absolute Gasteiger partial charge is 0.507 e. The second kappa shape index (κ2) is 56.9.